The summed E-state index contributed by atoms with van der Waals surface area (Å²) in [5.74, 6) is -1.40. The Labute approximate surface area is 181 Å². The molecule has 1 saturated heterocycles. The Bertz CT molecular complexity index is 1400. The van der Waals surface area contributed by atoms with Crippen molar-refractivity contribution in [3.8, 4) is 5.69 Å². The average molecular weight is 438 g/mol. The van der Waals surface area contributed by atoms with Crippen LogP contribution in [0.2, 0.25) is 0 Å². The van der Waals surface area contributed by atoms with Crippen molar-refractivity contribution in [3.05, 3.63) is 92.9 Å². The molecule has 7 nitrogen and oxygen atoms in total. The van der Waals surface area contributed by atoms with Crippen molar-refractivity contribution in [2.45, 2.75) is 32.0 Å². The van der Waals surface area contributed by atoms with Gasteiger partial charge in [0.2, 0.25) is 0 Å². The van der Waals surface area contributed by atoms with Crippen LogP contribution in [-0.4, -0.2) is 31.4 Å². The van der Waals surface area contributed by atoms with Crippen LogP contribution in [-0.2, 0) is 17.8 Å². The van der Waals surface area contributed by atoms with Gasteiger partial charge in [-0.05, 0) is 31.0 Å². The summed E-state index contributed by atoms with van der Waals surface area (Å²) in [6.07, 6.45) is 2.79. The Morgan fingerprint density at radius 3 is 2.62 bits per heavy atom. The van der Waals surface area contributed by atoms with Crippen LogP contribution in [0.4, 0.5) is 8.78 Å². The number of fused-ring (bicyclic) bond motifs is 1. The molecule has 32 heavy (non-hydrogen) atoms. The van der Waals surface area contributed by atoms with E-state index in [0.717, 1.165) is 29.5 Å². The number of nitrogens with zero attached hydrogens (tertiary/aromatic N) is 4. The molecule has 0 N–H and O–H groups in total. The zero-order valence-corrected chi connectivity index (χ0v) is 17.1. The van der Waals surface area contributed by atoms with Gasteiger partial charge in [0, 0.05) is 18.2 Å². The van der Waals surface area contributed by atoms with Crippen molar-refractivity contribution >= 4 is 11.2 Å². The fraction of sp³-hybridized carbons (Fsp3) is 0.261. The number of para-hydroxylation sites is 1. The van der Waals surface area contributed by atoms with E-state index in [1.807, 2.05) is 6.07 Å². The number of halogens is 2. The normalized spacial score (nSPS) is 16.1. The van der Waals surface area contributed by atoms with Crippen LogP contribution in [0.25, 0.3) is 16.9 Å². The van der Waals surface area contributed by atoms with E-state index in [2.05, 4.69) is 4.98 Å². The van der Waals surface area contributed by atoms with Crippen LogP contribution in [0, 0.1) is 11.6 Å². The van der Waals surface area contributed by atoms with Gasteiger partial charge in [-0.25, -0.2) is 23.1 Å². The smallest absolute Gasteiger partial charge is 0.337 e. The summed E-state index contributed by atoms with van der Waals surface area (Å²) < 4.78 is 37.2. The van der Waals surface area contributed by atoms with E-state index >= 15 is 0 Å². The summed E-state index contributed by atoms with van der Waals surface area (Å²) in [5, 5.41) is 0. The minimum Gasteiger partial charge on any atom is -0.376 e. The van der Waals surface area contributed by atoms with E-state index in [1.54, 1.807) is 24.3 Å². The lowest BCUT2D eigenvalue weighted by Gasteiger charge is -2.15. The van der Waals surface area contributed by atoms with Gasteiger partial charge in [0.25, 0.3) is 5.56 Å². The molecule has 5 rings (SSSR count). The zero-order valence-electron chi connectivity index (χ0n) is 17.1. The highest BCUT2D eigenvalue weighted by molar-refractivity contribution is 5.72. The maximum absolute atomic E-state index is 14.3. The van der Waals surface area contributed by atoms with Gasteiger partial charge in [0.1, 0.15) is 11.6 Å². The van der Waals surface area contributed by atoms with Gasteiger partial charge in [-0.3, -0.25) is 9.36 Å². The Kier molecular flexibility index (Phi) is 5.18. The van der Waals surface area contributed by atoms with E-state index in [1.165, 1.54) is 21.5 Å². The first kappa shape index (κ1) is 20.3. The van der Waals surface area contributed by atoms with E-state index in [0.29, 0.717) is 12.3 Å². The Balaban J connectivity index is 1.72. The molecule has 1 atom stereocenters. The molecule has 1 aliphatic heterocycles. The van der Waals surface area contributed by atoms with Crippen molar-refractivity contribution in [1.82, 2.24) is 18.7 Å². The molecule has 0 bridgehead atoms. The van der Waals surface area contributed by atoms with E-state index < -0.39 is 22.9 Å². The number of imidazole rings is 1. The largest absolute Gasteiger partial charge is 0.376 e. The van der Waals surface area contributed by atoms with Gasteiger partial charge in [-0.2, -0.15) is 0 Å². The maximum atomic E-state index is 14.3. The third-order valence-corrected chi connectivity index (χ3v) is 5.68. The Hall–Kier alpha value is -3.59. The van der Waals surface area contributed by atoms with Crippen LogP contribution < -0.4 is 11.2 Å². The molecule has 0 spiro atoms. The minimum absolute atomic E-state index is 0.0369. The van der Waals surface area contributed by atoms with Crippen LogP contribution >= 0.6 is 0 Å². The van der Waals surface area contributed by atoms with Gasteiger partial charge in [0.15, 0.2) is 11.2 Å². The fourth-order valence-electron chi connectivity index (χ4n) is 4.10. The highest BCUT2D eigenvalue weighted by atomic mass is 19.1. The highest BCUT2D eigenvalue weighted by Gasteiger charge is 2.23. The van der Waals surface area contributed by atoms with Crippen LogP contribution in [0.5, 0.6) is 0 Å². The van der Waals surface area contributed by atoms with Gasteiger partial charge >= 0.3 is 5.69 Å². The molecule has 0 saturated carbocycles. The van der Waals surface area contributed by atoms with Crippen molar-refractivity contribution in [2.24, 2.45) is 0 Å². The molecule has 0 unspecified atom stereocenters. The zero-order chi connectivity index (χ0) is 22.2. The molecule has 2 aromatic carbocycles. The number of hydrogen-bond acceptors (Lipinski definition) is 4. The Morgan fingerprint density at radius 1 is 1.09 bits per heavy atom. The molecule has 2 aromatic heterocycles. The molecule has 0 amide bonds. The first-order chi connectivity index (χ1) is 15.5. The van der Waals surface area contributed by atoms with Gasteiger partial charge in [0.05, 0.1) is 31.2 Å². The molecule has 3 heterocycles. The number of rotatable bonds is 5. The average Bonchev–Trinajstić information content (AvgIpc) is 3.44. The Morgan fingerprint density at radius 2 is 1.91 bits per heavy atom. The lowest BCUT2D eigenvalue weighted by atomic mass is 10.2. The standard InChI is InChI=1S/C23H20F2N4O3/c24-16-9-8-15(19(25)11-16)12-27-14-26-21-20(27)22(30)28(13-18-7-4-10-32-18)23(31)29(21)17-5-2-1-3-6-17/h1-3,5-6,8-9,11,14,18H,4,7,10,12-13H2/t18-/m0/s1. The molecule has 1 fully saturated rings. The van der Waals surface area contributed by atoms with E-state index in [-0.39, 0.29) is 35.9 Å². The van der Waals surface area contributed by atoms with Crippen LogP contribution in [0.1, 0.15) is 18.4 Å². The van der Waals surface area contributed by atoms with Crippen molar-refractivity contribution in [1.29, 1.82) is 0 Å². The second-order valence-corrected chi connectivity index (χ2v) is 7.78. The number of hydrogen-bond donors (Lipinski definition) is 0. The molecule has 4 aromatic rings. The van der Waals surface area contributed by atoms with Crippen molar-refractivity contribution < 1.29 is 13.5 Å². The van der Waals surface area contributed by atoms with E-state index in [4.69, 9.17) is 4.74 Å². The quantitative estimate of drug-likeness (QED) is 0.481. The number of benzene rings is 2. The third kappa shape index (κ3) is 3.54. The summed E-state index contributed by atoms with van der Waals surface area (Å²) in [6.45, 7) is 0.678. The molecular formula is C23H20F2N4O3. The summed E-state index contributed by atoms with van der Waals surface area (Å²) in [6, 6.07) is 12.2. The first-order valence-electron chi connectivity index (χ1n) is 10.3. The van der Waals surface area contributed by atoms with Gasteiger partial charge < -0.3 is 9.30 Å². The van der Waals surface area contributed by atoms with E-state index in [9.17, 15) is 18.4 Å². The molecule has 1 aliphatic rings. The third-order valence-electron chi connectivity index (χ3n) is 5.68. The van der Waals surface area contributed by atoms with Crippen LogP contribution in [0.3, 0.4) is 0 Å². The van der Waals surface area contributed by atoms with Crippen molar-refractivity contribution in [3.63, 3.8) is 0 Å². The monoisotopic (exact) mass is 438 g/mol. The summed E-state index contributed by atoms with van der Waals surface area (Å²) in [7, 11) is 0. The second-order valence-electron chi connectivity index (χ2n) is 7.78. The summed E-state index contributed by atoms with van der Waals surface area (Å²) >= 11 is 0. The number of ether oxygens (including phenoxy) is 1. The van der Waals surface area contributed by atoms with Crippen LogP contribution in [0.15, 0.2) is 64.4 Å². The summed E-state index contributed by atoms with van der Waals surface area (Å²) in [4.78, 5) is 31.1. The second kappa shape index (κ2) is 8.16. The fourth-order valence-corrected chi connectivity index (χ4v) is 4.10. The molecule has 0 aliphatic carbocycles. The SMILES string of the molecule is O=c1c2c(ncn2Cc2ccc(F)cc2F)n(-c2ccccc2)c(=O)n1C[C@@H]1CCCO1. The lowest BCUT2D eigenvalue weighted by Crippen LogP contribution is -2.42. The summed E-state index contributed by atoms with van der Waals surface area (Å²) in [5.41, 5.74) is 0.0673. The van der Waals surface area contributed by atoms with Crippen molar-refractivity contribution in [2.75, 3.05) is 6.61 Å². The molecule has 9 heteroatoms. The molecule has 0 radical (unpaired) electrons. The van der Waals surface area contributed by atoms with Gasteiger partial charge in [-0.1, -0.05) is 24.3 Å². The topological polar surface area (TPSA) is 71.0 Å². The molecular weight excluding hydrogens is 418 g/mol. The maximum Gasteiger partial charge on any atom is 0.337 e. The highest BCUT2D eigenvalue weighted by Crippen LogP contribution is 2.18. The van der Waals surface area contributed by atoms with Gasteiger partial charge in [-0.15, -0.1) is 0 Å². The first-order valence-corrected chi connectivity index (χ1v) is 10.3. The predicted molar refractivity (Wildman–Crippen MR) is 114 cm³/mol. The predicted octanol–water partition coefficient (Wildman–Crippen LogP) is 2.85. The molecule has 164 valence electrons. The lowest BCUT2D eigenvalue weighted by molar-refractivity contribution is 0.0950. The number of aromatic nitrogens is 4. The minimum atomic E-state index is -0.720.